The number of benzene rings is 2. The number of hydrogen-bond donors (Lipinski definition) is 1. The molecular weight excluding hydrogens is 598 g/mol. The quantitative estimate of drug-likeness (QED) is 0.386. The molecule has 1 N–H and O–H groups in total. The number of ether oxygens (including phenoxy) is 2. The fourth-order valence-corrected chi connectivity index (χ4v) is 6.58. The van der Waals surface area contributed by atoms with Gasteiger partial charge in [0, 0.05) is 36.1 Å². The van der Waals surface area contributed by atoms with Gasteiger partial charge in [-0.3, -0.25) is 13.9 Å². The van der Waals surface area contributed by atoms with Crippen molar-refractivity contribution in [1.82, 2.24) is 10.2 Å². The molecule has 2 aromatic carbocycles. The molecule has 0 radical (unpaired) electrons. The molecule has 2 aliphatic rings. The fraction of sp³-hybridized carbons (Fsp3) is 0.517. The number of rotatable bonds is 11. The monoisotopic (exact) mass is 635 g/mol. The second kappa shape index (κ2) is 13.7. The van der Waals surface area contributed by atoms with E-state index < -0.39 is 16.1 Å². The van der Waals surface area contributed by atoms with Crippen molar-refractivity contribution in [3.05, 3.63) is 52.5 Å². The molecule has 11 heteroatoms. The van der Waals surface area contributed by atoms with Crippen LogP contribution in [0.3, 0.4) is 0 Å². The summed E-state index contributed by atoms with van der Waals surface area (Å²) in [5, 5.41) is 3.14. The SMILES string of the molecule is C[C@H](C(=O)NC1CCCCC1)N(Cc1cccc(Br)c1)C(=O)CCCN(c1ccc2c(c1)OCCO2)S(C)(=O)=O. The van der Waals surface area contributed by atoms with E-state index in [1.54, 1.807) is 30.0 Å². The smallest absolute Gasteiger partial charge is 0.242 e. The fourth-order valence-electron chi connectivity index (χ4n) is 5.17. The lowest BCUT2D eigenvalue weighted by atomic mass is 9.95. The number of amides is 2. The van der Waals surface area contributed by atoms with E-state index in [4.69, 9.17) is 9.47 Å². The number of hydrogen-bond acceptors (Lipinski definition) is 6. The number of carbonyl (C=O) groups is 2. The zero-order valence-corrected chi connectivity index (χ0v) is 25.5. The van der Waals surface area contributed by atoms with Crippen LogP contribution in [0.5, 0.6) is 11.5 Å². The number of nitrogens with zero attached hydrogens (tertiary/aromatic N) is 2. The molecule has 1 fully saturated rings. The minimum atomic E-state index is -3.62. The first kappa shape index (κ1) is 30.2. The summed E-state index contributed by atoms with van der Waals surface area (Å²) in [6.07, 6.45) is 6.81. The summed E-state index contributed by atoms with van der Waals surface area (Å²) in [5.41, 5.74) is 1.35. The van der Waals surface area contributed by atoms with Gasteiger partial charge in [0.2, 0.25) is 21.8 Å². The summed E-state index contributed by atoms with van der Waals surface area (Å²) in [4.78, 5) is 28.4. The average molecular weight is 637 g/mol. The summed E-state index contributed by atoms with van der Waals surface area (Å²) in [6.45, 7) is 2.97. The van der Waals surface area contributed by atoms with Gasteiger partial charge < -0.3 is 19.7 Å². The molecular formula is C29H38BrN3O6S. The van der Waals surface area contributed by atoms with E-state index in [1.807, 2.05) is 24.3 Å². The molecule has 1 aliphatic heterocycles. The molecule has 9 nitrogen and oxygen atoms in total. The van der Waals surface area contributed by atoms with Crippen LogP contribution in [-0.2, 0) is 26.2 Å². The van der Waals surface area contributed by atoms with Gasteiger partial charge in [-0.05, 0) is 56.0 Å². The van der Waals surface area contributed by atoms with Crippen molar-refractivity contribution in [2.24, 2.45) is 0 Å². The second-order valence-corrected chi connectivity index (χ2v) is 13.3. The lowest BCUT2D eigenvalue weighted by Gasteiger charge is -2.31. The van der Waals surface area contributed by atoms with Gasteiger partial charge >= 0.3 is 0 Å². The Morgan fingerprint density at radius 2 is 1.77 bits per heavy atom. The van der Waals surface area contributed by atoms with E-state index in [-0.39, 0.29) is 43.8 Å². The van der Waals surface area contributed by atoms with Gasteiger partial charge in [0.1, 0.15) is 19.3 Å². The number of nitrogens with one attached hydrogen (secondary N) is 1. The van der Waals surface area contributed by atoms with Crippen molar-refractivity contribution in [2.45, 2.75) is 70.5 Å². The molecule has 40 heavy (non-hydrogen) atoms. The largest absolute Gasteiger partial charge is 0.486 e. The molecule has 0 saturated heterocycles. The van der Waals surface area contributed by atoms with Crippen LogP contribution in [0.25, 0.3) is 0 Å². The molecule has 218 valence electrons. The topological polar surface area (TPSA) is 105 Å². The Morgan fingerprint density at radius 3 is 2.48 bits per heavy atom. The third-order valence-corrected chi connectivity index (χ3v) is 9.01. The molecule has 1 atom stereocenters. The molecule has 0 bridgehead atoms. The highest BCUT2D eigenvalue weighted by Gasteiger charge is 2.29. The van der Waals surface area contributed by atoms with Crippen molar-refractivity contribution in [3.63, 3.8) is 0 Å². The van der Waals surface area contributed by atoms with Crippen LogP contribution >= 0.6 is 15.9 Å². The Hall–Kier alpha value is -2.79. The van der Waals surface area contributed by atoms with E-state index in [1.165, 1.54) is 10.7 Å². The van der Waals surface area contributed by atoms with Crippen LogP contribution < -0.4 is 19.1 Å². The first-order valence-electron chi connectivity index (χ1n) is 13.8. The van der Waals surface area contributed by atoms with Gasteiger partial charge in [0.15, 0.2) is 11.5 Å². The van der Waals surface area contributed by atoms with Crippen molar-refractivity contribution >= 4 is 43.5 Å². The minimum Gasteiger partial charge on any atom is -0.486 e. The van der Waals surface area contributed by atoms with E-state index in [0.29, 0.717) is 30.4 Å². The van der Waals surface area contributed by atoms with Crippen molar-refractivity contribution < 1.29 is 27.5 Å². The first-order valence-corrected chi connectivity index (χ1v) is 16.5. The van der Waals surface area contributed by atoms with Gasteiger partial charge in [0.05, 0.1) is 11.9 Å². The second-order valence-electron chi connectivity index (χ2n) is 10.4. The minimum absolute atomic E-state index is 0.0889. The standard InChI is InChI=1S/C29H38BrN3O6S/c1-21(29(35)31-24-10-4-3-5-11-24)32(20-22-8-6-9-23(30)18-22)28(34)12-7-15-33(40(2,36)37)25-13-14-26-27(19-25)39-17-16-38-26/h6,8-9,13-14,18-19,21,24H,3-5,7,10-12,15-17,20H2,1-2H3,(H,31,35)/t21-/m1/s1. The summed E-state index contributed by atoms with van der Waals surface area (Å²) in [7, 11) is -3.62. The first-order chi connectivity index (χ1) is 19.1. The summed E-state index contributed by atoms with van der Waals surface area (Å²) < 4.78 is 38.7. The Morgan fingerprint density at radius 1 is 1.05 bits per heavy atom. The Kier molecular flexibility index (Phi) is 10.3. The van der Waals surface area contributed by atoms with Gasteiger partial charge in [-0.25, -0.2) is 8.42 Å². The maximum absolute atomic E-state index is 13.6. The number of fused-ring (bicyclic) bond motifs is 1. The molecule has 0 unspecified atom stereocenters. The maximum atomic E-state index is 13.6. The van der Waals surface area contributed by atoms with Crippen LogP contribution in [-0.4, -0.2) is 63.2 Å². The zero-order valence-electron chi connectivity index (χ0n) is 23.1. The van der Waals surface area contributed by atoms with Gasteiger partial charge in [-0.2, -0.15) is 0 Å². The summed E-state index contributed by atoms with van der Waals surface area (Å²) >= 11 is 3.48. The summed E-state index contributed by atoms with van der Waals surface area (Å²) in [6, 6.07) is 12.1. The lowest BCUT2D eigenvalue weighted by molar-refractivity contribution is -0.141. The molecule has 1 heterocycles. The molecule has 1 saturated carbocycles. The highest BCUT2D eigenvalue weighted by atomic mass is 79.9. The number of sulfonamides is 1. The van der Waals surface area contributed by atoms with Crippen molar-refractivity contribution in [1.29, 1.82) is 0 Å². The Labute approximate surface area is 245 Å². The van der Waals surface area contributed by atoms with Gasteiger partial charge in [0.25, 0.3) is 0 Å². The van der Waals surface area contributed by atoms with Crippen molar-refractivity contribution in [3.8, 4) is 11.5 Å². The summed E-state index contributed by atoms with van der Waals surface area (Å²) in [5.74, 6) is 0.694. The molecule has 0 spiro atoms. The van der Waals surface area contributed by atoms with Crippen LogP contribution in [0.1, 0.15) is 57.4 Å². The predicted octanol–water partition coefficient (Wildman–Crippen LogP) is 4.63. The van der Waals surface area contributed by atoms with Gasteiger partial charge in [-0.1, -0.05) is 47.3 Å². The predicted molar refractivity (Wildman–Crippen MR) is 158 cm³/mol. The van der Waals surface area contributed by atoms with Crippen molar-refractivity contribution in [2.75, 3.05) is 30.3 Å². The molecule has 2 amide bonds. The Bertz CT molecular complexity index is 1300. The average Bonchev–Trinajstić information content (AvgIpc) is 2.93. The maximum Gasteiger partial charge on any atom is 0.242 e. The zero-order chi connectivity index (χ0) is 28.7. The third-order valence-electron chi connectivity index (χ3n) is 7.33. The molecule has 2 aromatic rings. The van der Waals surface area contributed by atoms with Crippen LogP contribution in [0.2, 0.25) is 0 Å². The molecule has 1 aliphatic carbocycles. The molecule has 0 aromatic heterocycles. The molecule has 4 rings (SSSR count). The van der Waals surface area contributed by atoms with Crippen LogP contribution in [0.4, 0.5) is 5.69 Å². The number of halogens is 1. The highest BCUT2D eigenvalue weighted by Crippen LogP contribution is 2.35. The number of carbonyl (C=O) groups excluding carboxylic acids is 2. The normalized spacial score (nSPS) is 16.2. The van der Waals surface area contributed by atoms with E-state index in [2.05, 4.69) is 21.2 Å². The van der Waals surface area contributed by atoms with Crippen LogP contribution in [0, 0.1) is 0 Å². The third kappa shape index (κ3) is 8.13. The Balaban J connectivity index is 1.45. The van der Waals surface area contributed by atoms with Gasteiger partial charge in [-0.15, -0.1) is 0 Å². The lowest BCUT2D eigenvalue weighted by Crippen LogP contribution is -2.50. The van der Waals surface area contributed by atoms with E-state index in [9.17, 15) is 18.0 Å². The highest BCUT2D eigenvalue weighted by molar-refractivity contribution is 9.10. The van der Waals surface area contributed by atoms with E-state index >= 15 is 0 Å². The number of anilines is 1. The van der Waals surface area contributed by atoms with E-state index in [0.717, 1.165) is 42.0 Å². The van der Waals surface area contributed by atoms with Crippen LogP contribution in [0.15, 0.2) is 46.9 Å².